The Morgan fingerprint density at radius 3 is 1.27 bits per heavy atom. The molecule has 0 unspecified atom stereocenters. The second-order valence-electron chi connectivity index (χ2n) is 11.7. The van der Waals surface area contributed by atoms with Crippen LogP contribution in [-0.2, 0) is 47.6 Å². The standard InChI is InChI=1S/C36H42N4O13S2/c1-47-27-9-13-31(49-3)23(15-27)19-52-33-17-25(7-11-29(33)39-54(5,43)44)37-35(41)21-51-22-36(42)38-26-8-12-30(40-55(6,45)46)34(18-26)53-20-24-16-28(48-2)10-14-32(24)50-4/h7-18,39-40H,19-22H2,1-6H3,(H,37,41)(H,38,42). The highest BCUT2D eigenvalue weighted by Gasteiger charge is 2.16. The molecule has 0 atom stereocenters. The van der Waals surface area contributed by atoms with Gasteiger partial charge in [-0.15, -0.1) is 0 Å². The van der Waals surface area contributed by atoms with Crippen LogP contribution in [0.15, 0.2) is 72.8 Å². The summed E-state index contributed by atoms with van der Waals surface area (Å²) >= 11 is 0. The summed E-state index contributed by atoms with van der Waals surface area (Å²) in [5, 5.41) is 5.25. The van der Waals surface area contributed by atoms with Crippen LogP contribution < -0.4 is 48.5 Å². The van der Waals surface area contributed by atoms with E-state index in [1.54, 1.807) is 36.4 Å². The summed E-state index contributed by atoms with van der Waals surface area (Å²) in [7, 11) is -1.34. The highest BCUT2D eigenvalue weighted by molar-refractivity contribution is 7.92. The van der Waals surface area contributed by atoms with Gasteiger partial charge in [-0.1, -0.05) is 0 Å². The molecule has 0 spiro atoms. The van der Waals surface area contributed by atoms with Crippen LogP contribution in [-0.4, -0.2) is 82.8 Å². The largest absolute Gasteiger partial charge is 0.497 e. The first-order valence-corrected chi connectivity index (χ1v) is 20.0. The lowest BCUT2D eigenvalue weighted by atomic mass is 10.2. The van der Waals surface area contributed by atoms with Crippen molar-refractivity contribution in [1.29, 1.82) is 0 Å². The Hall–Kier alpha value is -5.92. The fraction of sp³-hybridized carbons (Fsp3) is 0.278. The van der Waals surface area contributed by atoms with Gasteiger partial charge in [0.2, 0.25) is 31.9 Å². The zero-order valence-electron chi connectivity index (χ0n) is 30.9. The number of hydrogen-bond acceptors (Lipinski definition) is 13. The summed E-state index contributed by atoms with van der Waals surface area (Å²) in [6, 6.07) is 18.9. The molecular weight excluding hydrogens is 761 g/mol. The van der Waals surface area contributed by atoms with Gasteiger partial charge in [-0.2, -0.15) is 0 Å². The van der Waals surface area contributed by atoms with Crippen LogP contribution in [0, 0.1) is 0 Å². The lowest BCUT2D eigenvalue weighted by molar-refractivity contribution is -0.125. The Morgan fingerprint density at radius 2 is 0.927 bits per heavy atom. The van der Waals surface area contributed by atoms with E-state index in [0.717, 1.165) is 12.5 Å². The number of ether oxygens (including phenoxy) is 7. The summed E-state index contributed by atoms with van der Waals surface area (Å²) < 4.78 is 91.4. The number of carbonyl (C=O) groups is 2. The number of rotatable bonds is 20. The fourth-order valence-electron chi connectivity index (χ4n) is 4.94. The molecule has 296 valence electrons. The number of sulfonamides is 2. The number of methoxy groups -OCH3 is 4. The second-order valence-corrected chi connectivity index (χ2v) is 15.2. The molecular formula is C36H42N4O13S2. The van der Waals surface area contributed by atoms with Gasteiger partial charge in [0.1, 0.15) is 60.9 Å². The minimum absolute atomic E-state index is 0.0317. The Bertz CT molecular complexity index is 2060. The molecule has 0 saturated carbocycles. The van der Waals surface area contributed by atoms with Gasteiger partial charge >= 0.3 is 0 Å². The SMILES string of the molecule is COc1ccc(OC)c(COc2cc(NC(=O)COCC(=O)Nc3ccc(NS(C)(=O)=O)c(OCc4cc(OC)ccc4OC)c3)ccc2NS(C)(=O)=O)c1. The molecule has 0 radical (unpaired) electrons. The normalized spacial score (nSPS) is 11.2. The number of carbonyl (C=O) groups excluding carboxylic acids is 2. The maximum Gasteiger partial charge on any atom is 0.250 e. The molecule has 2 amide bonds. The fourth-order valence-corrected chi connectivity index (χ4v) is 6.07. The van der Waals surface area contributed by atoms with Gasteiger partial charge in [-0.05, 0) is 60.7 Å². The quantitative estimate of drug-likeness (QED) is 0.0987. The summed E-state index contributed by atoms with van der Waals surface area (Å²) in [5.74, 6) is 1.14. The zero-order valence-corrected chi connectivity index (χ0v) is 32.5. The number of nitrogens with one attached hydrogen (secondary N) is 4. The van der Waals surface area contributed by atoms with Crippen molar-refractivity contribution in [2.75, 3.05) is 74.2 Å². The number of benzene rings is 4. The van der Waals surface area contributed by atoms with E-state index < -0.39 is 45.1 Å². The van der Waals surface area contributed by atoms with Gasteiger partial charge in [0.25, 0.3) is 0 Å². The third kappa shape index (κ3) is 13.2. The number of amides is 2. The third-order valence-corrected chi connectivity index (χ3v) is 8.51. The molecule has 0 saturated heterocycles. The first-order chi connectivity index (χ1) is 26.1. The summed E-state index contributed by atoms with van der Waals surface area (Å²) in [6.07, 6.45) is 1.98. The Kier molecular flexibility index (Phi) is 14.4. The van der Waals surface area contributed by atoms with Crippen LogP contribution in [0.5, 0.6) is 34.5 Å². The van der Waals surface area contributed by atoms with Crippen LogP contribution in [0.4, 0.5) is 22.7 Å². The molecule has 19 heteroatoms. The highest BCUT2D eigenvalue weighted by Crippen LogP contribution is 2.33. The lowest BCUT2D eigenvalue weighted by Crippen LogP contribution is -2.24. The van der Waals surface area contributed by atoms with E-state index >= 15 is 0 Å². The predicted molar refractivity (Wildman–Crippen MR) is 206 cm³/mol. The molecule has 0 aliphatic carbocycles. The molecule has 0 fully saturated rings. The smallest absolute Gasteiger partial charge is 0.250 e. The molecule has 55 heavy (non-hydrogen) atoms. The zero-order chi connectivity index (χ0) is 40.2. The third-order valence-electron chi connectivity index (χ3n) is 7.33. The Morgan fingerprint density at radius 1 is 0.527 bits per heavy atom. The van der Waals surface area contributed by atoms with Crippen molar-refractivity contribution in [3.63, 3.8) is 0 Å². The summed E-state index contributed by atoms with van der Waals surface area (Å²) in [4.78, 5) is 25.5. The van der Waals surface area contributed by atoms with Gasteiger partial charge in [0.15, 0.2) is 0 Å². The molecule has 0 aromatic heterocycles. The minimum Gasteiger partial charge on any atom is -0.497 e. The first kappa shape index (κ1) is 41.8. The van der Waals surface area contributed by atoms with Crippen molar-refractivity contribution in [1.82, 2.24) is 0 Å². The van der Waals surface area contributed by atoms with Crippen LogP contribution in [0.2, 0.25) is 0 Å². The van der Waals surface area contributed by atoms with Gasteiger partial charge < -0.3 is 43.8 Å². The molecule has 0 heterocycles. The predicted octanol–water partition coefficient (Wildman–Crippen LogP) is 4.22. The molecule has 0 aliphatic rings. The molecule has 4 aromatic rings. The van der Waals surface area contributed by atoms with E-state index in [-0.39, 0.29) is 47.5 Å². The van der Waals surface area contributed by atoms with Crippen molar-refractivity contribution in [3.8, 4) is 34.5 Å². The molecule has 0 bridgehead atoms. The van der Waals surface area contributed by atoms with Crippen molar-refractivity contribution < 1.29 is 59.6 Å². The summed E-state index contributed by atoms with van der Waals surface area (Å²) in [6.45, 7) is -1.09. The average molecular weight is 803 g/mol. The van der Waals surface area contributed by atoms with Crippen LogP contribution in [0.3, 0.4) is 0 Å². The van der Waals surface area contributed by atoms with Gasteiger partial charge in [-0.25, -0.2) is 16.8 Å². The topological polar surface area (TPSA) is 215 Å². The monoisotopic (exact) mass is 802 g/mol. The minimum atomic E-state index is -3.68. The van der Waals surface area contributed by atoms with E-state index in [1.807, 2.05) is 0 Å². The average Bonchev–Trinajstić information content (AvgIpc) is 3.13. The van der Waals surface area contributed by atoms with Gasteiger partial charge in [0, 0.05) is 34.6 Å². The van der Waals surface area contributed by atoms with E-state index in [2.05, 4.69) is 20.1 Å². The van der Waals surface area contributed by atoms with Gasteiger partial charge in [0.05, 0.1) is 52.3 Å². The van der Waals surface area contributed by atoms with Crippen molar-refractivity contribution in [2.45, 2.75) is 13.2 Å². The van der Waals surface area contributed by atoms with Crippen LogP contribution >= 0.6 is 0 Å². The maximum absolute atomic E-state index is 12.7. The molecule has 4 rings (SSSR count). The maximum atomic E-state index is 12.7. The molecule has 17 nitrogen and oxygen atoms in total. The summed E-state index contributed by atoms with van der Waals surface area (Å²) in [5.41, 5.74) is 2.01. The highest BCUT2D eigenvalue weighted by atomic mass is 32.2. The lowest BCUT2D eigenvalue weighted by Gasteiger charge is -2.16. The molecule has 4 N–H and O–H groups in total. The second kappa shape index (κ2) is 18.9. The van der Waals surface area contributed by atoms with E-state index in [9.17, 15) is 26.4 Å². The Labute approximate surface area is 319 Å². The van der Waals surface area contributed by atoms with Crippen LogP contribution in [0.25, 0.3) is 0 Å². The van der Waals surface area contributed by atoms with E-state index in [4.69, 9.17) is 33.2 Å². The first-order valence-electron chi connectivity index (χ1n) is 16.2. The van der Waals surface area contributed by atoms with Crippen LogP contribution in [0.1, 0.15) is 11.1 Å². The number of anilines is 4. The molecule has 4 aromatic carbocycles. The number of hydrogen-bond donors (Lipinski definition) is 4. The Balaban J connectivity index is 1.38. The van der Waals surface area contributed by atoms with Crippen molar-refractivity contribution in [2.24, 2.45) is 0 Å². The van der Waals surface area contributed by atoms with Crippen molar-refractivity contribution in [3.05, 3.63) is 83.9 Å². The van der Waals surface area contributed by atoms with Gasteiger partial charge in [-0.3, -0.25) is 19.0 Å². The van der Waals surface area contributed by atoms with E-state index in [0.29, 0.717) is 34.1 Å². The molecule has 0 aliphatic heterocycles. The van der Waals surface area contributed by atoms with E-state index in [1.165, 1.54) is 64.8 Å². The van der Waals surface area contributed by atoms with Crippen molar-refractivity contribution >= 4 is 54.6 Å².